The van der Waals surface area contributed by atoms with Crippen molar-refractivity contribution < 1.29 is 9.47 Å². The number of hydrogen-bond acceptors (Lipinski definition) is 5. The summed E-state index contributed by atoms with van der Waals surface area (Å²) in [5.41, 5.74) is 2.27. The van der Waals surface area contributed by atoms with Crippen LogP contribution in [0.3, 0.4) is 0 Å². The van der Waals surface area contributed by atoms with Crippen LogP contribution in [0, 0.1) is 0 Å². The highest BCUT2D eigenvalue weighted by molar-refractivity contribution is 9.10. The largest absolute Gasteiger partial charge is 0.497 e. The van der Waals surface area contributed by atoms with Gasteiger partial charge >= 0.3 is 0 Å². The van der Waals surface area contributed by atoms with Gasteiger partial charge in [-0.25, -0.2) is 0 Å². The van der Waals surface area contributed by atoms with Crippen LogP contribution in [0.2, 0.25) is 0 Å². The summed E-state index contributed by atoms with van der Waals surface area (Å²) >= 11 is 3.62. The van der Waals surface area contributed by atoms with Crippen LogP contribution in [0.15, 0.2) is 28.9 Å². The van der Waals surface area contributed by atoms with Crippen molar-refractivity contribution in [3.05, 3.63) is 34.4 Å². The van der Waals surface area contributed by atoms with Crippen LogP contribution in [0.4, 0.5) is 0 Å². The lowest BCUT2D eigenvalue weighted by atomic mass is 10.1. The van der Waals surface area contributed by atoms with Gasteiger partial charge in [-0.05, 0) is 23.8 Å². The number of pyridine rings is 1. The van der Waals surface area contributed by atoms with Crippen LogP contribution in [-0.2, 0) is 11.3 Å². The molecule has 1 aliphatic rings. The number of nitrogens with zero attached hydrogens (tertiary/aromatic N) is 3. The Bertz CT molecular complexity index is 687. The predicted octanol–water partition coefficient (Wildman–Crippen LogP) is 2.77. The molecule has 3 rings (SSSR count). The third-order valence-corrected chi connectivity index (χ3v) is 5.24. The number of piperazine rings is 1. The summed E-state index contributed by atoms with van der Waals surface area (Å²) in [5, 5.41) is 1.10. The fourth-order valence-corrected chi connectivity index (χ4v) is 3.56. The Morgan fingerprint density at radius 2 is 1.88 bits per heavy atom. The molecule has 1 fully saturated rings. The van der Waals surface area contributed by atoms with Crippen molar-refractivity contribution in [3.8, 4) is 5.75 Å². The molecular formula is C18H24BrN3O2. The maximum Gasteiger partial charge on any atom is 0.119 e. The quantitative estimate of drug-likeness (QED) is 0.754. The molecule has 0 unspecified atom stereocenters. The van der Waals surface area contributed by atoms with Gasteiger partial charge in [0, 0.05) is 62.4 Å². The van der Waals surface area contributed by atoms with Crippen LogP contribution < -0.4 is 4.74 Å². The Kier molecular flexibility index (Phi) is 6.05. The van der Waals surface area contributed by atoms with Crippen LogP contribution in [0.5, 0.6) is 5.75 Å². The molecule has 1 aromatic carbocycles. The molecule has 0 bridgehead atoms. The zero-order chi connectivity index (χ0) is 16.9. The number of ether oxygens (including phenoxy) is 2. The Balaban J connectivity index is 1.75. The van der Waals surface area contributed by atoms with E-state index in [9.17, 15) is 0 Å². The highest BCUT2D eigenvalue weighted by Gasteiger charge is 2.18. The number of benzene rings is 1. The summed E-state index contributed by atoms with van der Waals surface area (Å²) in [4.78, 5) is 9.54. The molecule has 0 radical (unpaired) electrons. The van der Waals surface area contributed by atoms with Gasteiger partial charge in [0.1, 0.15) is 5.75 Å². The molecular weight excluding hydrogens is 370 g/mol. The minimum absolute atomic E-state index is 0.804. The standard InChI is InChI=1S/C18H24BrN3O2/c1-23-10-9-21-5-7-22(8-6-21)13-14-11-15(24-2)12-16-17(19)3-4-20-18(14)16/h3-4,11-12H,5-10,13H2,1-2H3. The second kappa shape index (κ2) is 8.25. The summed E-state index contributed by atoms with van der Waals surface area (Å²) in [6.45, 7) is 7.02. The lowest BCUT2D eigenvalue weighted by Gasteiger charge is -2.34. The van der Waals surface area contributed by atoms with Crippen molar-refractivity contribution in [2.45, 2.75) is 6.54 Å². The first-order valence-electron chi connectivity index (χ1n) is 8.26. The van der Waals surface area contributed by atoms with Gasteiger partial charge in [-0.1, -0.05) is 15.9 Å². The molecule has 0 atom stereocenters. The van der Waals surface area contributed by atoms with E-state index in [2.05, 4.69) is 36.8 Å². The lowest BCUT2D eigenvalue weighted by Crippen LogP contribution is -2.46. The van der Waals surface area contributed by atoms with Crippen molar-refractivity contribution in [1.82, 2.24) is 14.8 Å². The summed E-state index contributed by atoms with van der Waals surface area (Å²) < 4.78 is 11.7. The molecule has 2 heterocycles. The average molecular weight is 394 g/mol. The molecule has 24 heavy (non-hydrogen) atoms. The van der Waals surface area contributed by atoms with E-state index in [4.69, 9.17) is 9.47 Å². The van der Waals surface area contributed by atoms with E-state index in [1.54, 1.807) is 14.2 Å². The summed E-state index contributed by atoms with van der Waals surface area (Å²) in [6, 6.07) is 6.12. The van der Waals surface area contributed by atoms with Gasteiger partial charge in [0.05, 0.1) is 19.2 Å². The second-order valence-electron chi connectivity index (χ2n) is 6.09. The topological polar surface area (TPSA) is 37.8 Å². The summed E-state index contributed by atoms with van der Waals surface area (Å²) in [5.74, 6) is 0.880. The first kappa shape index (κ1) is 17.6. The Labute approximate surface area is 151 Å². The zero-order valence-electron chi connectivity index (χ0n) is 14.3. The van der Waals surface area contributed by atoms with E-state index in [-0.39, 0.29) is 0 Å². The predicted molar refractivity (Wildman–Crippen MR) is 99.6 cm³/mol. The molecule has 1 aromatic heterocycles. The van der Waals surface area contributed by atoms with Crippen molar-refractivity contribution >= 4 is 26.8 Å². The Hall–Kier alpha value is -1.21. The Morgan fingerprint density at radius 1 is 1.12 bits per heavy atom. The van der Waals surface area contributed by atoms with E-state index < -0.39 is 0 Å². The van der Waals surface area contributed by atoms with Gasteiger partial charge < -0.3 is 9.47 Å². The van der Waals surface area contributed by atoms with E-state index in [1.807, 2.05) is 18.3 Å². The van der Waals surface area contributed by atoms with Gasteiger partial charge in [-0.2, -0.15) is 0 Å². The number of fused-ring (bicyclic) bond motifs is 1. The lowest BCUT2D eigenvalue weighted by molar-refractivity contribution is 0.0939. The second-order valence-corrected chi connectivity index (χ2v) is 6.94. The van der Waals surface area contributed by atoms with Crippen LogP contribution in [0.1, 0.15) is 5.56 Å². The smallest absolute Gasteiger partial charge is 0.119 e. The first-order valence-corrected chi connectivity index (χ1v) is 9.05. The van der Waals surface area contributed by atoms with Crippen molar-refractivity contribution in [3.63, 3.8) is 0 Å². The maximum atomic E-state index is 5.48. The molecule has 2 aromatic rings. The maximum absolute atomic E-state index is 5.48. The van der Waals surface area contributed by atoms with Crippen molar-refractivity contribution in [1.29, 1.82) is 0 Å². The van der Waals surface area contributed by atoms with E-state index in [0.29, 0.717) is 0 Å². The number of halogens is 1. The summed E-state index contributed by atoms with van der Waals surface area (Å²) in [6.07, 6.45) is 1.85. The minimum Gasteiger partial charge on any atom is -0.497 e. The fourth-order valence-electron chi connectivity index (χ4n) is 3.14. The molecule has 0 saturated carbocycles. The molecule has 0 N–H and O–H groups in total. The molecule has 0 aliphatic carbocycles. The van der Waals surface area contributed by atoms with Gasteiger partial charge in [0.2, 0.25) is 0 Å². The summed E-state index contributed by atoms with van der Waals surface area (Å²) in [7, 11) is 3.47. The first-order chi connectivity index (χ1) is 11.7. The van der Waals surface area contributed by atoms with E-state index in [1.165, 1.54) is 5.56 Å². The third kappa shape index (κ3) is 4.06. The normalized spacial score (nSPS) is 16.6. The Morgan fingerprint density at radius 3 is 2.58 bits per heavy atom. The fraction of sp³-hybridized carbons (Fsp3) is 0.500. The molecule has 6 heteroatoms. The zero-order valence-corrected chi connectivity index (χ0v) is 15.9. The number of methoxy groups -OCH3 is 2. The number of rotatable bonds is 6. The average Bonchev–Trinajstić information content (AvgIpc) is 2.61. The third-order valence-electron chi connectivity index (χ3n) is 4.55. The molecule has 0 amide bonds. The monoisotopic (exact) mass is 393 g/mol. The molecule has 130 valence electrons. The number of aromatic nitrogens is 1. The van der Waals surface area contributed by atoms with Crippen LogP contribution in [0.25, 0.3) is 10.9 Å². The number of hydrogen-bond donors (Lipinski definition) is 0. The van der Waals surface area contributed by atoms with Crippen LogP contribution >= 0.6 is 15.9 Å². The van der Waals surface area contributed by atoms with Gasteiger partial charge in [-0.15, -0.1) is 0 Å². The highest BCUT2D eigenvalue weighted by Crippen LogP contribution is 2.30. The van der Waals surface area contributed by atoms with Gasteiger partial charge in [-0.3, -0.25) is 14.8 Å². The van der Waals surface area contributed by atoms with Gasteiger partial charge in [0.15, 0.2) is 0 Å². The SMILES string of the molecule is COCCN1CCN(Cc2cc(OC)cc3c(Br)ccnc23)CC1. The molecule has 1 aliphatic heterocycles. The molecule has 0 spiro atoms. The minimum atomic E-state index is 0.804. The molecule has 5 nitrogen and oxygen atoms in total. The van der Waals surface area contributed by atoms with E-state index in [0.717, 1.165) is 67.0 Å². The van der Waals surface area contributed by atoms with Crippen molar-refractivity contribution in [2.24, 2.45) is 0 Å². The highest BCUT2D eigenvalue weighted by atomic mass is 79.9. The molecule has 1 saturated heterocycles. The van der Waals surface area contributed by atoms with Gasteiger partial charge in [0.25, 0.3) is 0 Å². The van der Waals surface area contributed by atoms with Crippen LogP contribution in [-0.4, -0.2) is 68.3 Å². The van der Waals surface area contributed by atoms with E-state index >= 15 is 0 Å². The van der Waals surface area contributed by atoms with Crippen molar-refractivity contribution in [2.75, 3.05) is 53.6 Å².